The van der Waals surface area contributed by atoms with E-state index in [0.717, 1.165) is 31.4 Å². The molecule has 1 unspecified atom stereocenters. The molecule has 8 N–H and O–H groups in total. The third kappa shape index (κ3) is 7.58. The number of anilines is 3. The van der Waals surface area contributed by atoms with Crippen molar-refractivity contribution < 1.29 is 54.8 Å². The number of piperazine rings is 1. The number of aromatic nitrogens is 4. The number of aryl methyl sites for hydroxylation is 1. The van der Waals surface area contributed by atoms with Gasteiger partial charge in [-0.2, -0.15) is 4.98 Å². The molecule has 4 aliphatic rings. The predicted molar refractivity (Wildman–Crippen MR) is 194 cm³/mol. The highest BCUT2D eigenvalue weighted by Gasteiger charge is 2.51. The van der Waals surface area contributed by atoms with Crippen LogP contribution >= 0.6 is 0 Å². The van der Waals surface area contributed by atoms with Crippen LogP contribution in [0, 0.1) is 6.92 Å². The first-order chi connectivity index (χ1) is 26.4. The molecule has 0 bridgehead atoms. The van der Waals surface area contributed by atoms with Crippen molar-refractivity contribution in [2.75, 3.05) is 49.6 Å². The molecular weight excluding hydrogens is 722 g/mol. The van der Waals surface area contributed by atoms with Gasteiger partial charge in [-0.3, -0.25) is 19.1 Å². The lowest BCUT2D eigenvalue weighted by molar-refractivity contribution is -0.349. The monoisotopic (exact) mass is 771 g/mol. The van der Waals surface area contributed by atoms with E-state index >= 15 is 0 Å². The van der Waals surface area contributed by atoms with E-state index in [2.05, 4.69) is 20.2 Å². The zero-order chi connectivity index (χ0) is 39.1. The van der Waals surface area contributed by atoms with E-state index < -0.39 is 74.6 Å². The first kappa shape index (κ1) is 39.5. The third-order valence-corrected chi connectivity index (χ3v) is 11.3. The van der Waals surface area contributed by atoms with Crippen molar-refractivity contribution in [3.05, 3.63) is 46.0 Å². The number of ether oxygens (including phenoxy) is 3. The minimum atomic E-state index is -1.74. The number of ketones is 1. The maximum atomic E-state index is 13.5. The number of hydrogen-bond acceptors (Lipinski definition) is 18. The molecule has 3 aliphatic heterocycles. The molecule has 3 aromatic heterocycles. The number of pyridine rings is 2. The fourth-order valence-corrected chi connectivity index (χ4v) is 8.18. The highest BCUT2D eigenvalue weighted by atomic mass is 16.7. The number of aliphatic hydroxyl groups excluding tert-OH is 7. The number of hydrogen-bond donors (Lipinski definition) is 8. The summed E-state index contributed by atoms with van der Waals surface area (Å²) in [6.45, 7) is 3.73. The second-order valence-electron chi connectivity index (χ2n) is 14.7. The first-order valence-corrected chi connectivity index (χ1v) is 18.6. The molecule has 0 aromatic carbocycles. The topological polar surface area (TPSA) is 266 Å². The molecule has 1 saturated carbocycles. The number of carbonyl (C=O) groups is 1. The molecule has 10 atom stereocenters. The Morgan fingerprint density at radius 3 is 2.24 bits per heavy atom. The van der Waals surface area contributed by atoms with Crippen LogP contribution in [0.1, 0.15) is 54.6 Å². The zero-order valence-electron chi connectivity index (χ0n) is 30.6. The average molecular weight is 772 g/mol. The summed E-state index contributed by atoms with van der Waals surface area (Å²) >= 11 is 0. The van der Waals surface area contributed by atoms with Crippen LogP contribution in [0.25, 0.3) is 11.0 Å². The summed E-state index contributed by atoms with van der Waals surface area (Å²) in [4.78, 5) is 43.7. The molecule has 19 heteroatoms. The average Bonchev–Trinajstić information content (AvgIpc) is 3.72. The molecule has 55 heavy (non-hydrogen) atoms. The summed E-state index contributed by atoms with van der Waals surface area (Å²) in [6.07, 6.45) is -7.50. The Bertz CT molecular complexity index is 1880. The summed E-state index contributed by atoms with van der Waals surface area (Å²) in [5.74, 6) is 0.462. The van der Waals surface area contributed by atoms with Crippen LogP contribution in [0.15, 0.2) is 29.3 Å². The number of nitrogens with one attached hydrogen (secondary N) is 1. The van der Waals surface area contributed by atoms with Crippen LogP contribution < -0.4 is 15.8 Å². The van der Waals surface area contributed by atoms with E-state index in [1.54, 1.807) is 30.0 Å². The van der Waals surface area contributed by atoms with Gasteiger partial charge in [-0.25, -0.2) is 9.97 Å². The Balaban J connectivity index is 0.985. The number of Topliss-reactive ketones (excluding diaryl/α,β-unsaturated/α-hetero) is 1. The normalized spacial score (nSPS) is 32.3. The molecule has 0 spiro atoms. The highest BCUT2D eigenvalue weighted by molar-refractivity contribution is 5.99. The Morgan fingerprint density at radius 1 is 0.891 bits per heavy atom. The lowest BCUT2D eigenvalue weighted by Crippen LogP contribution is -2.67. The number of rotatable bonds is 10. The lowest BCUT2D eigenvalue weighted by Gasteiger charge is -2.49. The molecule has 6 heterocycles. The van der Waals surface area contributed by atoms with E-state index in [9.17, 15) is 45.3 Å². The van der Waals surface area contributed by atoms with Crippen LogP contribution in [0.4, 0.5) is 17.5 Å². The van der Waals surface area contributed by atoms with E-state index in [-0.39, 0.29) is 28.9 Å². The van der Waals surface area contributed by atoms with Crippen molar-refractivity contribution >= 4 is 34.3 Å². The summed E-state index contributed by atoms with van der Waals surface area (Å²) in [5.41, 5.74) is 1.72. The van der Waals surface area contributed by atoms with Crippen molar-refractivity contribution in [3.63, 3.8) is 0 Å². The molecule has 3 aromatic rings. The molecule has 1 aliphatic carbocycles. The van der Waals surface area contributed by atoms with Gasteiger partial charge < -0.3 is 60.2 Å². The van der Waals surface area contributed by atoms with Crippen LogP contribution in [-0.2, 0) is 14.2 Å². The second kappa shape index (κ2) is 16.4. The standard InChI is InChI=1S/C36H49N7O12/c1-17-21-14-38-36(40-32(21)43(19-5-3-4-6-19)33(52)25(17)18(2)46)39-24-8-7-20(13-37-24)41-9-11-42(12-10-41)34-29(50)28(49)31(23(16-45)53-34)55-35-30(51)27(48)26(47)22(15-44)54-35/h7-8,13-14,19,22-23,26-31,34-35,44-45,47-51H,3-6,9-12,15-16H2,1-2H3,(H,37,38,39,40)/t22-,23-,26+,27+,28-,29-,30-,31-,34?,35+/m0/s1. The van der Waals surface area contributed by atoms with Gasteiger partial charge in [-0.15, -0.1) is 0 Å². The van der Waals surface area contributed by atoms with Crippen molar-refractivity contribution in [3.8, 4) is 0 Å². The molecule has 7 rings (SSSR count). The zero-order valence-corrected chi connectivity index (χ0v) is 30.6. The fraction of sp³-hybridized carbons (Fsp3) is 0.639. The van der Waals surface area contributed by atoms with Crippen LogP contribution in [0.3, 0.4) is 0 Å². The summed E-state index contributed by atoms with van der Waals surface area (Å²) in [7, 11) is 0. The summed E-state index contributed by atoms with van der Waals surface area (Å²) < 4.78 is 18.7. The Hall–Kier alpha value is -3.73. The van der Waals surface area contributed by atoms with Gasteiger partial charge in [-0.05, 0) is 44.4 Å². The quantitative estimate of drug-likeness (QED) is 0.107. The Kier molecular flexibility index (Phi) is 11.8. The predicted octanol–water partition coefficient (Wildman–Crippen LogP) is -1.70. The van der Waals surface area contributed by atoms with Crippen molar-refractivity contribution in [1.82, 2.24) is 24.4 Å². The SMILES string of the molecule is CC(=O)c1c(C)c2cnc(Nc3ccc(N4CCN(C5O[C@@H](CO)[C@H](O[C@H]6O[C@@H](CO)[C@@H](O)[C@@H](O)[C@@H]6O)[C@@H](O)[C@@H]5O)CC4)cn3)nc2n(C2CCCC2)c1=O. The van der Waals surface area contributed by atoms with Gasteiger partial charge >= 0.3 is 0 Å². The van der Waals surface area contributed by atoms with Gasteiger partial charge in [0.05, 0.1) is 30.7 Å². The van der Waals surface area contributed by atoms with E-state index in [4.69, 9.17) is 19.2 Å². The molecule has 4 fully saturated rings. The Morgan fingerprint density at radius 2 is 1.60 bits per heavy atom. The highest BCUT2D eigenvalue weighted by Crippen LogP contribution is 2.33. The minimum Gasteiger partial charge on any atom is -0.394 e. The number of carbonyl (C=O) groups excluding carboxylic acids is 1. The van der Waals surface area contributed by atoms with Gasteiger partial charge in [0.1, 0.15) is 66.5 Å². The van der Waals surface area contributed by atoms with Crippen molar-refractivity contribution in [2.45, 2.75) is 107 Å². The second-order valence-corrected chi connectivity index (χ2v) is 14.7. The van der Waals surface area contributed by atoms with Crippen molar-refractivity contribution in [1.29, 1.82) is 0 Å². The summed E-state index contributed by atoms with van der Waals surface area (Å²) in [5, 5.41) is 76.2. The van der Waals surface area contributed by atoms with Gasteiger partial charge in [0.15, 0.2) is 12.1 Å². The molecular formula is C36H49N7O12. The fourth-order valence-electron chi connectivity index (χ4n) is 8.18. The molecule has 0 radical (unpaired) electrons. The number of aliphatic hydroxyl groups is 7. The maximum Gasteiger partial charge on any atom is 0.263 e. The summed E-state index contributed by atoms with van der Waals surface area (Å²) in [6, 6.07) is 3.64. The first-order valence-electron chi connectivity index (χ1n) is 18.6. The minimum absolute atomic E-state index is 0.0422. The van der Waals surface area contributed by atoms with Crippen LogP contribution in [-0.4, -0.2) is 167 Å². The van der Waals surface area contributed by atoms with E-state index in [1.807, 2.05) is 11.0 Å². The molecule has 300 valence electrons. The van der Waals surface area contributed by atoms with Crippen LogP contribution in [0.5, 0.6) is 0 Å². The van der Waals surface area contributed by atoms with Crippen molar-refractivity contribution in [2.24, 2.45) is 0 Å². The number of nitrogens with zero attached hydrogens (tertiary/aromatic N) is 6. The van der Waals surface area contributed by atoms with Gasteiger partial charge in [-0.1, -0.05) is 12.8 Å². The van der Waals surface area contributed by atoms with E-state index in [0.29, 0.717) is 48.6 Å². The maximum absolute atomic E-state index is 13.5. The number of fused-ring (bicyclic) bond motifs is 1. The van der Waals surface area contributed by atoms with Gasteiger partial charge in [0, 0.05) is 43.8 Å². The third-order valence-electron chi connectivity index (χ3n) is 11.3. The lowest BCUT2D eigenvalue weighted by atomic mass is 9.96. The smallest absolute Gasteiger partial charge is 0.263 e. The van der Waals surface area contributed by atoms with Gasteiger partial charge in [0.2, 0.25) is 5.95 Å². The Labute approximate surface area is 315 Å². The molecule has 3 saturated heterocycles. The molecule has 19 nitrogen and oxygen atoms in total. The van der Waals surface area contributed by atoms with Crippen LogP contribution in [0.2, 0.25) is 0 Å². The largest absolute Gasteiger partial charge is 0.394 e. The molecule has 0 amide bonds. The van der Waals surface area contributed by atoms with Gasteiger partial charge in [0.25, 0.3) is 5.56 Å². The van der Waals surface area contributed by atoms with E-state index in [1.165, 1.54) is 6.92 Å².